The molecule has 0 aliphatic carbocycles. The van der Waals surface area contributed by atoms with Crippen molar-refractivity contribution in [3.8, 4) is 0 Å². The summed E-state index contributed by atoms with van der Waals surface area (Å²) in [6.45, 7) is 6.17. The summed E-state index contributed by atoms with van der Waals surface area (Å²) in [6.07, 6.45) is 4.61. The minimum absolute atomic E-state index is 0.161. The monoisotopic (exact) mass is 310 g/mol. The molecule has 0 aromatic carbocycles. The van der Waals surface area contributed by atoms with Crippen LogP contribution < -0.4 is 5.32 Å². The standard InChI is InChI=1S/C14H19ClN4S/c1-4-6-11-18-12(15)9(3)13(19-11)17-10(5-2)14-16-7-8-20-14/h7-8,10H,4-6H2,1-3H3,(H,17,18,19). The molecule has 1 N–H and O–H groups in total. The second-order valence-corrected chi connectivity index (χ2v) is 5.91. The van der Waals surface area contributed by atoms with Gasteiger partial charge in [-0.1, -0.05) is 25.4 Å². The summed E-state index contributed by atoms with van der Waals surface area (Å²) in [5, 5.41) is 7.04. The number of rotatable bonds is 6. The number of anilines is 1. The Morgan fingerprint density at radius 1 is 1.35 bits per heavy atom. The Bertz CT molecular complexity index is 557. The number of hydrogen-bond acceptors (Lipinski definition) is 5. The average Bonchev–Trinajstić information content (AvgIpc) is 2.95. The van der Waals surface area contributed by atoms with Crippen molar-refractivity contribution in [1.82, 2.24) is 15.0 Å². The molecule has 2 heterocycles. The second-order valence-electron chi connectivity index (χ2n) is 4.63. The van der Waals surface area contributed by atoms with E-state index in [1.54, 1.807) is 11.3 Å². The van der Waals surface area contributed by atoms with Crippen molar-refractivity contribution in [1.29, 1.82) is 0 Å². The number of thiazole rings is 1. The molecule has 1 atom stereocenters. The number of nitrogens with zero attached hydrogens (tertiary/aromatic N) is 3. The molecule has 20 heavy (non-hydrogen) atoms. The van der Waals surface area contributed by atoms with Gasteiger partial charge in [-0.15, -0.1) is 11.3 Å². The van der Waals surface area contributed by atoms with Crippen molar-refractivity contribution in [2.45, 2.75) is 46.1 Å². The van der Waals surface area contributed by atoms with Gasteiger partial charge in [-0.25, -0.2) is 15.0 Å². The third-order valence-electron chi connectivity index (χ3n) is 3.08. The SMILES string of the molecule is CCCc1nc(Cl)c(C)c(NC(CC)c2nccs2)n1. The van der Waals surface area contributed by atoms with Gasteiger partial charge < -0.3 is 5.32 Å². The third kappa shape index (κ3) is 3.46. The molecule has 2 aromatic heterocycles. The van der Waals surface area contributed by atoms with E-state index in [0.29, 0.717) is 5.15 Å². The van der Waals surface area contributed by atoms with Crippen LogP contribution in [0.2, 0.25) is 5.15 Å². The van der Waals surface area contributed by atoms with Crippen molar-refractivity contribution in [3.05, 3.63) is 33.1 Å². The Kier molecular flexibility index (Phi) is 5.31. The summed E-state index contributed by atoms with van der Waals surface area (Å²) in [4.78, 5) is 13.3. The lowest BCUT2D eigenvalue weighted by Crippen LogP contribution is -2.13. The van der Waals surface area contributed by atoms with Crippen molar-refractivity contribution in [2.24, 2.45) is 0 Å². The number of aryl methyl sites for hydroxylation is 1. The molecule has 6 heteroatoms. The summed E-state index contributed by atoms with van der Waals surface area (Å²) in [5.41, 5.74) is 0.890. The first kappa shape index (κ1) is 15.2. The molecule has 108 valence electrons. The zero-order chi connectivity index (χ0) is 14.5. The third-order valence-corrected chi connectivity index (χ3v) is 4.33. The van der Waals surface area contributed by atoms with Gasteiger partial charge in [-0.3, -0.25) is 0 Å². The van der Waals surface area contributed by atoms with E-state index in [4.69, 9.17) is 11.6 Å². The molecule has 0 saturated carbocycles. The van der Waals surface area contributed by atoms with Crippen LogP contribution in [-0.2, 0) is 6.42 Å². The lowest BCUT2D eigenvalue weighted by atomic mass is 10.2. The lowest BCUT2D eigenvalue weighted by molar-refractivity contribution is 0.730. The zero-order valence-corrected chi connectivity index (χ0v) is 13.6. The van der Waals surface area contributed by atoms with Crippen LogP contribution in [0.4, 0.5) is 5.82 Å². The smallest absolute Gasteiger partial charge is 0.137 e. The Morgan fingerprint density at radius 2 is 2.15 bits per heavy atom. The van der Waals surface area contributed by atoms with Gasteiger partial charge in [-0.05, 0) is 19.8 Å². The largest absolute Gasteiger partial charge is 0.360 e. The van der Waals surface area contributed by atoms with E-state index in [9.17, 15) is 0 Å². The van der Waals surface area contributed by atoms with Crippen LogP contribution in [0.25, 0.3) is 0 Å². The quantitative estimate of drug-likeness (QED) is 0.803. The van der Waals surface area contributed by atoms with E-state index in [1.807, 2.05) is 18.5 Å². The van der Waals surface area contributed by atoms with Gasteiger partial charge in [0.2, 0.25) is 0 Å². The van der Waals surface area contributed by atoms with E-state index in [-0.39, 0.29) is 6.04 Å². The molecular formula is C14H19ClN4S. The number of nitrogens with one attached hydrogen (secondary N) is 1. The van der Waals surface area contributed by atoms with E-state index in [0.717, 1.165) is 41.5 Å². The molecule has 4 nitrogen and oxygen atoms in total. The van der Waals surface area contributed by atoms with E-state index in [2.05, 4.69) is 34.1 Å². The Balaban J connectivity index is 2.27. The lowest BCUT2D eigenvalue weighted by Gasteiger charge is -2.17. The molecule has 0 bridgehead atoms. The van der Waals surface area contributed by atoms with Gasteiger partial charge in [0.25, 0.3) is 0 Å². The minimum atomic E-state index is 0.161. The summed E-state index contributed by atoms with van der Waals surface area (Å²) in [7, 11) is 0. The second kappa shape index (κ2) is 6.99. The molecule has 0 fully saturated rings. The van der Waals surface area contributed by atoms with Crippen LogP contribution >= 0.6 is 22.9 Å². The molecule has 1 unspecified atom stereocenters. The first-order chi connectivity index (χ1) is 9.65. The molecule has 2 rings (SSSR count). The fourth-order valence-corrected chi connectivity index (χ4v) is 2.88. The average molecular weight is 311 g/mol. The normalized spacial score (nSPS) is 12.4. The maximum Gasteiger partial charge on any atom is 0.137 e. The van der Waals surface area contributed by atoms with Crippen LogP contribution in [0.15, 0.2) is 11.6 Å². The van der Waals surface area contributed by atoms with Gasteiger partial charge in [0.05, 0.1) is 6.04 Å². The highest BCUT2D eigenvalue weighted by Gasteiger charge is 2.16. The molecule has 0 saturated heterocycles. The summed E-state index contributed by atoms with van der Waals surface area (Å²) >= 11 is 7.85. The van der Waals surface area contributed by atoms with Crippen LogP contribution in [0.5, 0.6) is 0 Å². The maximum atomic E-state index is 6.20. The molecule has 0 spiro atoms. The molecule has 0 aliphatic heterocycles. The minimum Gasteiger partial charge on any atom is -0.360 e. The topological polar surface area (TPSA) is 50.7 Å². The summed E-state index contributed by atoms with van der Waals surface area (Å²) in [5.74, 6) is 1.61. The number of hydrogen-bond donors (Lipinski definition) is 1. The first-order valence-corrected chi connectivity index (χ1v) is 8.10. The molecular weight excluding hydrogens is 292 g/mol. The van der Waals surface area contributed by atoms with E-state index < -0.39 is 0 Å². The van der Waals surface area contributed by atoms with Crippen LogP contribution in [0, 0.1) is 6.92 Å². The van der Waals surface area contributed by atoms with Gasteiger partial charge in [-0.2, -0.15) is 0 Å². The maximum absolute atomic E-state index is 6.20. The summed E-state index contributed by atoms with van der Waals surface area (Å²) < 4.78 is 0. The van der Waals surface area contributed by atoms with E-state index >= 15 is 0 Å². The molecule has 0 amide bonds. The van der Waals surface area contributed by atoms with Crippen LogP contribution in [0.3, 0.4) is 0 Å². The Morgan fingerprint density at radius 3 is 2.75 bits per heavy atom. The highest BCUT2D eigenvalue weighted by Crippen LogP contribution is 2.27. The van der Waals surface area contributed by atoms with Crippen LogP contribution in [-0.4, -0.2) is 15.0 Å². The Hall–Kier alpha value is -1.20. The van der Waals surface area contributed by atoms with Crippen molar-refractivity contribution in [3.63, 3.8) is 0 Å². The predicted molar refractivity (Wildman–Crippen MR) is 84.5 cm³/mol. The van der Waals surface area contributed by atoms with Crippen LogP contribution in [0.1, 0.15) is 49.1 Å². The highest BCUT2D eigenvalue weighted by molar-refractivity contribution is 7.09. The number of halogens is 1. The van der Waals surface area contributed by atoms with Gasteiger partial charge in [0, 0.05) is 23.6 Å². The number of aromatic nitrogens is 3. The fraction of sp³-hybridized carbons (Fsp3) is 0.500. The molecule has 0 radical (unpaired) electrons. The van der Waals surface area contributed by atoms with Crippen molar-refractivity contribution in [2.75, 3.05) is 5.32 Å². The fourth-order valence-electron chi connectivity index (χ4n) is 1.92. The van der Waals surface area contributed by atoms with Crippen molar-refractivity contribution < 1.29 is 0 Å². The van der Waals surface area contributed by atoms with Gasteiger partial charge in [0.1, 0.15) is 21.8 Å². The Labute approximate surface area is 128 Å². The zero-order valence-electron chi connectivity index (χ0n) is 12.0. The molecule has 0 aliphatic rings. The highest BCUT2D eigenvalue weighted by atomic mass is 35.5. The van der Waals surface area contributed by atoms with Gasteiger partial charge >= 0.3 is 0 Å². The predicted octanol–water partition coefficient (Wildman–Crippen LogP) is 4.41. The first-order valence-electron chi connectivity index (χ1n) is 6.84. The van der Waals surface area contributed by atoms with E-state index in [1.165, 1.54) is 0 Å². The van der Waals surface area contributed by atoms with Gasteiger partial charge in [0.15, 0.2) is 0 Å². The molecule has 2 aromatic rings. The summed E-state index contributed by atoms with van der Waals surface area (Å²) in [6, 6.07) is 0.161. The van der Waals surface area contributed by atoms with Crippen molar-refractivity contribution >= 4 is 28.8 Å².